The Morgan fingerprint density at radius 2 is 2.53 bits per heavy atom. The number of aromatic nitrogens is 2. The lowest BCUT2D eigenvalue weighted by Gasteiger charge is -2.12. The normalized spacial score (nSPS) is 12.1. The standard InChI is InChI=1S/C10H12N4O2S/c1-7(5-8-3-2-4-16-8)12-9(15)13-10-14-11-6-17-10/h2-4,6-7H,5H2,1H3,(H2,12,13,14,15). The molecule has 2 aromatic rings. The quantitative estimate of drug-likeness (QED) is 0.870. The largest absolute Gasteiger partial charge is 0.469 e. The fourth-order valence-electron chi connectivity index (χ4n) is 1.37. The molecule has 0 fully saturated rings. The number of carbonyl (C=O) groups is 1. The Hall–Kier alpha value is -1.89. The van der Waals surface area contributed by atoms with Crippen LogP contribution in [0.15, 0.2) is 28.3 Å². The molecule has 0 spiro atoms. The number of anilines is 1. The monoisotopic (exact) mass is 252 g/mol. The lowest BCUT2D eigenvalue weighted by Crippen LogP contribution is -2.37. The van der Waals surface area contributed by atoms with Crippen LogP contribution >= 0.6 is 11.3 Å². The van der Waals surface area contributed by atoms with Crippen molar-refractivity contribution in [3.05, 3.63) is 29.7 Å². The summed E-state index contributed by atoms with van der Waals surface area (Å²) in [6, 6.07) is 3.39. The zero-order valence-corrected chi connectivity index (χ0v) is 10.0. The van der Waals surface area contributed by atoms with E-state index in [0.717, 1.165) is 5.76 Å². The van der Waals surface area contributed by atoms with Gasteiger partial charge in [-0.1, -0.05) is 11.3 Å². The average Bonchev–Trinajstić information content (AvgIpc) is 2.90. The number of carbonyl (C=O) groups excluding carboxylic acids is 1. The van der Waals surface area contributed by atoms with Gasteiger partial charge in [0.1, 0.15) is 11.3 Å². The Bertz CT molecular complexity index is 455. The second-order valence-electron chi connectivity index (χ2n) is 3.53. The van der Waals surface area contributed by atoms with Crippen molar-refractivity contribution in [1.82, 2.24) is 15.5 Å². The van der Waals surface area contributed by atoms with Gasteiger partial charge in [-0.25, -0.2) is 4.79 Å². The van der Waals surface area contributed by atoms with E-state index >= 15 is 0 Å². The van der Waals surface area contributed by atoms with E-state index < -0.39 is 0 Å². The number of amides is 2. The highest BCUT2D eigenvalue weighted by Gasteiger charge is 2.10. The molecular formula is C10H12N4O2S. The van der Waals surface area contributed by atoms with E-state index in [9.17, 15) is 4.79 Å². The third-order valence-electron chi connectivity index (χ3n) is 2.05. The average molecular weight is 252 g/mol. The van der Waals surface area contributed by atoms with E-state index in [1.54, 1.807) is 11.8 Å². The maximum Gasteiger partial charge on any atom is 0.321 e. The topological polar surface area (TPSA) is 80.0 Å². The molecule has 0 aromatic carbocycles. The SMILES string of the molecule is CC(Cc1ccco1)NC(=O)Nc1nncs1. The molecule has 0 radical (unpaired) electrons. The van der Waals surface area contributed by atoms with Crippen LogP contribution in [0.25, 0.3) is 0 Å². The minimum absolute atomic E-state index is 0.0194. The van der Waals surface area contributed by atoms with E-state index in [2.05, 4.69) is 20.8 Å². The van der Waals surface area contributed by atoms with E-state index in [4.69, 9.17) is 4.42 Å². The molecule has 1 atom stereocenters. The van der Waals surface area contributed by atoms with Crippen molar-refractivity contribution >= 4 is 22.5 Å². The summed E-state index contributed by atoms with van der Waals surface area (Å²) in [4.78, 5) is 11.5. The highest BCUT2D eigenvalue weighted by atomic mass is 32.1. The van der Waals surface area contributed by atoms with Crippen molar-refractivity contribution in [2.45, 2.75) is 19.4 Å². The third kappa shape index (κ3) is 3.56. The molecule has 2 aromatic heterocycles. The predicted octanol–water partition coefficient (Wildman–Crippen LogP) is 1.88. The van der Waals surface area contributed by atoms with Gasteiger partial charge in [-0.2, -0.15) is 0 Å². The molecule has 0 aliphatic carbocycles. The van der Waals surface area contributed by atoms with Crippen LogP contribution in [-0.2, 0) is 6.42 Å². The summed E-state index contributed by atoms with van der Waals surface area (Å²) in [7, 11) is 0. The van der Waals surface area contributed by atoms with E-state index in [0.29, 0.717) is 11.6 Å². The minimum Gasteiger partial charge on any atom is -0.469 e. The number of urea groups is 1. The first kappa shape index (κ1) is 11.6. The molecule has 0 aliphatic heterocycles. The molecule has 2 rings (SSSR count). The summed E-state index contributed by atoms with van der Waals surface area (Å²) in [5, 5.41) is 13.2. The molecule has 6 nitrogen and oxygen atoms in total. The van der Waals surface area contributed by atoms with Gasteiger partial charge in [-0.15, -0.1) is 10.2 Å². The van der Waals surface area contributed by atoms with Crippen molar-refractivity contribution in [2.24, 2.45) is 0 Å². The molecule has 90 valence electrons. The zero-order valence-electron chi connectivity index (χ0n) is 9.21. The Balaban J connectivity index is 1.78. The highest BCUT2D eigenvalue weighted by Crippen LogP contribution is 2.08. The molecule has 7 heteroatoms. The van der Waals surface area contributed by atoms with Crippen molar-refractivity contribution in [1.29, 1.82) is 0 Å². The summed E-state index contributed by atoms with van der Waals surface area (Å²) < 4.78 is 5.20. The molecule has 0 aliphatic rings. The highest BCUT2D eigenvalue weighted by molar-refractivity contribution is 7.13. The Kier molecular flexibility index (Phi) is 3.71. The molecule has 2 heterocycles. The van der Waals surface area contributed by atoms with Crippen LogP contribution in [-0.4, -0.2) is 22.3 Å². The van der Waals surface area contributed by atoms with Gasteiger partial charge in [0.05, 0.1) is 6.26 Å². The van der Waals surface area contributed by atoms with E-state index in [1.165, 1.54) is 11.3 Å². The van der Waals surface area contributed by atoms with Gasteiger partial charge in [-0.05, 0) is 19.1 Å². The summed E-state index contributed by atoms with van der Waals surface area (Å²) in [6.07, 6.45) is 2.26. The van der Waals surface area contributed by atoms with E-state index in [1.807, 2.05) is 19.1 Å². The van der Waals surface area contributed by atoms with Crippen LogP contribution in [0.3, 0.4) is 0 Å². The molecule has 0 bridgehead atoms. The van der Waals surface area contributed by atoms with Gasteiger partial charge in [0.2, 0.25) is 5.13 Å². The lowest BCUT2D eigenvalue weighted by molar-refractivity contribution is 0.248. The molecule has 17 heavy (non-hydrogen) atoms. The van der Waals surface area contributed by atoms with Crippen LogP contribution in [0.1, 0.15) is 12.7 Å². The van der Waals surface area contributed by atoms with Crippen LogP contribution in [0, 0.1) is 0 Å². The minimum atomic E-state index is -0.291. The lowest BCUT2D eigenvalue weighted by atomic mass is 10.2. The van der Waals surface area contributed by atoms with Gasteiger partial charge in [0, 0.05) is 12.5 Å². The van der Waals surface area contributed by atoms with Crippen molar-refractivity contribution in [3.63, 3.8) is 0 Å². The zero-order chi connectivity index (χ0) is 12.1. The van der Waals surface area contributed by atoms with Crippen LogP contribution in [0.5, 0.6) is 0 Å². The molecule has 0 saturated carbocycles. The first-order chi connectivity index (χ1) is 8.24. The van der Waals surface area contributed by atoms with Gasteiger partial charge in [0.15, 0.2) is 0 Å². The Morgan fingerprint density at radius 3 is 3.18 bits per heavy atom. The molecular weight excluding hydrogens is 240 g/mol. The van der Waals surface area contributed by atoms with E-state index in [-0.39, 0.29) is 12.1 Å². The van der Waals surface area contributed by atoms with Gasteiger partial charge < -0.3 is 9.73 Å². The summed E-state index contributed by atoms with van der Waals surface area (Å²) in [5.41, 5.74) is 1.56. The van der Waals surface area contributed by atoms with Crippen molar-refractivity contribution in [2.75, 3.05) is 5.32 Å². The number of furan rings is 1. The fraction of sp³-hybridized carbons (Fsp3) is 0.300. The second-order valence-corrected chi connectivity index (χ2v) is 4.36. The van der Waals surface area contributed by atoms with Crippen LogP contribution < -0.4 is 10.6 Å². The number of hydrogen-bond acceptors (Lipinski definition) is 5. The van der Waals surface area contributed by atoms with Gasteiger partial charge >= 0.3 is 6.03 Å². The molecule has 2 amide bonds. The molecule has 0 saturated heterocycles. The third-order valence-corrected chi connectivity index (χ3v) is 2.65. The molecule has 1 unspecified atom stereocenters. The number of rotatable bonds is 4. The van der Waals surface area contributed by atoms with Gasteiger partial charge in [0.25, 0.3) is 0 Å². The number of nitrogens with one attached hydrogen (secondary N) is 2. The maximum atomic E-state index is 11.5. The Labute approximate surface area is 102 Å². The second kappa shape index (κ2) is 5.44. The Morgan fingerprint density at radius 1 is 1.65 bits per heavy atom. The first-order valence-corrected chi connectivity index (χ1v) is 5.98. The van der Waals surface area contributed by atoms with Gasteiger partial charge in [-0.3, -0.25) is 5.32 Å². The van der Waals surface area contributed by atoms with Crippen LogP contribution in [0.4, 0.5) is 9.93 Å². The van der Waals surface area contributed by atoms with Crippen molar-refractivity contribution < 1.29 is 9.21 Å². The van der Waals surface area contributed by atoms with Crippen molar-refractivity contribution in [3.8, 4) is 0 Å². The fourth-order valence-corrected chi connectivity index (χ4v) is 1.81. The maximum absolute atomic E-state index is 11.5. The number of hydrogen-bond donors (Lipinski definition) is 2. The summed E-state index contributed by atoms with van der Waals surface area (Å²) in [6.45, 7) is 1.90. The molecule has 2 N–H and O–H groups in total. The van der Waals surface area contributed by atoms with Crippen LogP contribution in [0.2, 0.25) is 0 Å². The predicted molar refractivity (Wildman–Crippen MR) is 63.9 cm³/mol. The number of nitrogens with zero attached hydrogens (tertiary/aromatic N) is 2. The smallest absolute Gasteiger partial charge is 0.321 e. The summed E-state index contributed by atoms with van der Waals surface area (Å²) in [5.74, 6) is 0.841. The summed E-state index contributed by atoms with van der Waals surface area (Å²) >= 11 is 1.27. The first-order valence-electron chi connectivity index (χ1n) is 5.10.